The third-order valence-electron chi connectivity index (χ3n) is 5.53. The largest absolute Gasteiger partial charge is 0.336 e. The number of fused-ring (bicyclic) bond motifs is 1. The molecule has 144 valence electrons. The standard InChI is InChI=1S/C23H26N4O/c1-2-26-16-25-21-15-27(13-12-22(21)26)23(28)14-20(24)19-10-8-18(9-11-19)17-6-4-3-5-7-17/h3-11,16,20H,2,12-15,24H2,1H3/t20-/m1/s1. The molecule has 0 radical (unpaired) electrons. The van der Waals surface area contributed by atoms with Crippen LogP contribution in [0, 0.1) is 0 Å². The molecule has 1 atom stereocenters. The van der Waals surface area contributed by atoms with Crippen molar-refractivity contribution in [2.24, 2.45) is 5.73 Å². The summed E-state index contributed by atoms with van der Waals surface area (Å²) in [6.07, 6.45) is 3.04. The van der Waals surface area contributed by atoms with Gasteiger partial charge >= 0.3 is 0 Å². The van der Waals surface area contributed by atoms with E-state index in [0.717, 1.165) is 36.3 Å². The van der Waals surface area contributed by atoms with Crippen LogP contribution < -0.4 is 5.73 Å². The quantitative estimate of drug-likeness (QED) is 0.743. The Labute approximate surface area is 165 Å². The predicted octanol–water partition coefficient (Wildman–Crippen LogP) is 3.54. The second kappa shape index (κ2) is 7.98. The van der Waals surface area contributed by atoms with Crippen molar-refractivity contribution in [1.29, 1.82) is 0 Å². The summed E-state index contributed by atoms with van der Waals surface area (Å²) < 4.78 is 2.16. The minimum atomic E-state index is -0.299. The zero-order valence-electron chi connectivity index (χ0n) is 16.2. The lowest BCUT2D eigenvalue weighted by Gasteiger charge is -2.28. The average Bonchev–Trinajstić information content (AvgIpc) is 3.16. The molecule has 3 aromatic rings. The van der Waals surface area contributed by atoms with Crippen LogP contribution in [0.2, 0.25) is 0 Å². The van der Waals surface area contributed by atoms with Crippen molar-refractivity contribution < 1.29 is 4.79 Å². The fourth-order valence-corrected chi connectivity index (χ4v) is 3.84. The van der Waals surface area contributed by atoms with Crippen molar-refractivity contribution in [2.75, 3.05) is 6.54 Å². The van der Waals surface area contributed by atoms with Crippen molar-refractivity contribution in [3.8, 4) is 11.1 Å². The average molecular weight is 374 g/mol. The second-order valence-corrected chi connectivity index (χ2v) is 7.29. The molecule has 4 rings (SSSR count). The molecule has 5 heteroatoms. The number of nitrogens with zero attached hydrogens (tertiary/aromatic N) is 3. The highest BCUT2D eigenvalue weighted by molar-refractivity contribution is 5.77. The first-order valence-corrected chi connectivity index (χ1v) is 9.87. The Morgan fingerprint density at radius 1 is 1.11 bits per heavy atom. The van der Waals surface area contributed by atoms with Gasteiger partial charge in [0.25, 0.3) is 0 Å². The number of carbonyl (C=O) groups excluding carboxylic acids is 1. The van der Waals surface area contributed by atoms with E-state index < -0.39 is 0 Å². The molecule has 1 aliphatic rings. The summed E-state index contributed by atoms with van der Waals surface area (Å²) >= 11 is 0. The lowest BCUT2D eigenvalue weighted by atomic mass is 9.99. The molecule has 28 heavy (non-hydrogen) atoms. The molecule has 0 bridgehead atoms. The first-order chi connectivity index (χ1) is 13.7. The van der Waals surface area contributed by atoms with E-state index >= 15 is 0 Å². The van der Waals surface area contributed by atoms with Crippen molar-refractivity contribution in [3.05, 3.63) is 77.9 Å². The van der Waals surface area contributed by atoms with Gasteiger partial charge in [0.15, 0.2) is 0 Å². The maximum Gasteiger partial charge on any atom is 0.224 e. The van der Waals surface area contributed by atoms with Crippen molar-refractivity contribution in [1.82, 2.24) is 14.5 Å². The smallest absolute Gasteiger partial charge is 0.224 e. The first kappa shape index (κ1) is 18.4. The molecule has 5 nitrogen and oxygen atoms in total. The van der Waals surface area contributed by atoms with E-state index in [1.165, 1.54) is 11.3 Å². The molecule has 2 heterocycles. The monoisotopic (exact) mass is 374 g/mol. The van der Waals surface area contributed by atoms with Crippen LogP contribution >= 0.6 is 0 Å². The summed E-state index contributed by atoms with van der Waals surface area (Å²) in [5.41, 5.74) is 11.9. The van der Waals surface area contributed by atoms with Gasteiger partial charge in [0.05, 0.1) is 18.6 Å². The van der Waals surface area contributed by atoms with Gasteiger partial charge < -0.3 is 15.2 Å². The summed E-state index contributed by atoms with van der Waals surface area (Å²) in [6, 6.07) is 18.1. The fraction of sp³-hybridized carbons (Fsp3) is 0.304. The van der Waals surface area contributed by atoms with Gasteiger partial charge in [-0.2, -0.15) is 0 Å². The van der Waals surface area contributed by atoms with Crippen LogP contribution in [-0.2, 0) is 24.3 Å². The number of benzene rings is 2. The Kier molecular flexibility index (Phi) is 5.26. The predicted molar refractivity (Wildman–Crippen MR) is 110 cm³/mol. The topological polar surface area (TPSA) is 64.2 Å². The van der Waals surface area contributed by atoms with Crippen molar-refractivity contribution >= 4 is 5.91 Å². The number of nitrogens with two attached hydrogens (primary N) is 1. The van der Waals surface area contributed by atoms with E-state index in [2.05, 4.69) is 40.7 Å². The lowest BCUT2D eigenvalue weighted by Crippen LogP contribution is -2.38. The number of rotatable bonds is 5. The van der Waals surface area contributed by atoms with Gasteiger partial charge in [-0.1, -0.05) is 54.6 Å². The van der Waals surface area contributed by atoms with Crippen LogP contribution in [0.25, 0.3) is 11.1 Å². The molecular weight excluding hydrogens is 348 g/mol. The highest BCUT2D eigenvalue weighted by Crippen LogP contribution is 2.24. The molecule has 0 unspecified atom stereocenters. The van der Waals surface area contributed by atoms with Crippen LogP contribution in [0.1, 0.15) is 36.3 Å². The summed E-state index contributed by atoms with van der Waals surface area (Å²) in [7, 11) is 0. The van der Waals surface area contributed by atoms with Crippen molar-refractivity contribution in [3.63, 3.8) is 0 Å². The van der Waals surface area contributed by atoms with Crippen LogP contribution in [0.4, 0.5) is 0 Å². The van der Waals surface area contributed by atoms with Crippen LogP contribution in [0.15, 0.2) is 60.9 Å². The van der Waals surface area contributed by atoms with Gasteiger partial charge in [-0.05, 0) is 23.6 Å². The summed E-state index contributed by atoms with van der Waals surface area (Å²) in [4.78, 5) is 19.1. The SMILES string of the molecule is CCn1cnc2c1CCN(C(=O)C[C@@H](N)c1ccc(-c3ccccc3)cc1)C2. The van der Waals surface area contributed by atoms with Crippen LogP contribution in [-0.4, -0.2) is 26.9 Å². The van der Waals surface area contributed by atoms with Crippen molar-refractivity contribution in [2.45, 2.75) is 38.9 Å². The molecule has 0 aliphatic carbocycles. The molecule has 1 amide bonds. The molecular formula is C23H26N4O. The molecule has 0 fully saturated rings. The highest BCUT2D eigenvalue weighted by Gasteiger charge is 2.25. The summed E-state index contributed by atoms with van der Waals surface area (Å²) in [5.74, 6) is 0.0938. The zero-order chi connectivity index (χ0) is 19.5. The highest BCUT2D eigenvalue weighted by atomic mass is 16.2. The molecule has 0 saturated heterocycles. The molecule has 0 saturated carbocycles. The number of aromatic nitrogens is 2. The van der Waals surface area contributed by atoms with Gasteiger partial charge in [0.1, 0.15) is 0 Å². The van der Waals surface area contributed by atoms with Crippen LogP contribution in [0.5, 0.6) is 0 Å². The Morgan fingerprint density at radius 3 is 2.54 bits per heavy atom. The Balaban J connectivity index is 1.39. The number of hydrogen-bond acceptors (Lipinski definition) is 3. The number of imidazole rings is 1. The number of hydrogen-bond donors (Lipinski definition) is 1. The van der Waals surface area contributed by atoms with E-state index in [0.29, 0.717) is 13.0 Å². The third-order valence-corrected chi connectivity index (χ3v) is 5.53. The van der Waals surface area contributed by atoms with E-state index in [9.17, 15) is 4.79 Å². The first-order valence-electron chi connectivity index (χ1n) is 9.87. The van der Waals surface area contributed by atoms with Gasteiger partial charge in [-0.3, -0.25) is 4.79 Å². The van der Waals surface area contributed by atoms with Gasteiger partial charge in [-0.25, -0.2) is 4.98 Å². The maximum absolute atomic E-state index is 12.8. The normalized spacial score (nSPS) is 14.6. The Hall–Kier alpha value is -2.92. The number of aryl methyl sites for hydroxylation is 1. The summed E-state index contributed by atoms with van der Waals surface area (Å²) in [5, 5.41) is 0. The van der Waals surface area contributed by atoms with Gasteiger partial charge in [0.2, 0.25) is 5.91 Å². The fourth-order valence-electron chi connectivity index (χ4n) is 3.84. The molecule has 1 aliphatic heterocycles. The van der Waals surface area contributed by atoms with E-state index in [4.69, 9.17) is 5.73 Å². The number of carbonyl (C=O) groups is 1. The van der Waals surface area contributed by atoms with E-state index in [1.54, 1.807) is 0 Å². The zero-order valence-corrected chi connectivity index (χ0v) is 16.2. The van der Waals surface area contributed by atoms with Gasteiger partial charge in [-0.15, -0.1) is 0 Å². The lowest BCUT2D eigenvalue weighted by molar-refractivity contribution is -0.132. The number of amides is 1. The molecule has 2 aromatic carbocycles. The minimum absolute atomic E-state index is 0.0938. The molecule has 2 N–H and O–H groups in total. The molecule has 0 spiro atoms. The Morgan fingerprint density at radius 2 is 1.82 bits per heavy atom. The van der Waals surface area contributed by atoms with E-state index in [1.807, 2.05) is 41.6 Å². The minimum Gasteiger partial charge on any atom is -0.336 e. The van der Waals surface area contributed by atoms with E-state index in [-0.39, 0.29) is 11.9 Å². The third kappa shape index (κ3) is 3.71. The Bertz CT molecular complexity index is 946. The molecule has 1 aromatic heterocycles. The second-order valence-electron chi connectivity index (χ2n) is 7.29. The summed E-state index contributed by atoms with van der Waals surface area (Å²) in [6.45, 7) is 4.35. The maximum atomic E-state index is 12.8. The van der Waals surface area contributed by atoms with Crippen LogP contribution in [0.3, 0.4) is 0 Å². The van der Waals surface area contributed by atoms with Gasteiger partial charge in [0, 0.05) is 37.7 Å².